The molecule has 0 aliphatic heterocycles. The normalized spacial score (nSPS) is 17.2. The first-order valence-electron chi connectivity index (χ1n) is 6.79. The van der Waals surface area contributed by atoms with E-state index >= 15 is 0 Å². The zero-order valence-corrected chi connectivity index (χ0v) is 10.4. The van der Waals surface area contributed by atoms with E-state index in [-0.39, 0.29) is 11.7 Å². The lowest BCUT2D eigenvalue weighted by Gasteiger charge is -2.21. The largest absolute Gasteiger partial charge is 0.442 e. The average Bonchev–Trinajstić information content (AvgIpc) is 2.89. The Morgan fingerprint density at radius 3 is 2.82 bits per heavy atom. The first-order chi connectivity index (χ1) is 8.36. The third kappa shape index (κ3) is 3.99. The molecule has 0 N–H and O–H groups in total. The van der Waals surface area contributed by atoms with E-state index in [4.69, 9.17) is 4.42 Å². The number of nitrogens with zero attached hydrogens (tertiary/aromatic N) is 1. The Morgan fingerprint density at radius 1 is 1.29 bits per heavy atom. The minimum Gasteiger partial charge on any atom is -0.442 e. The molecule has 3 nitrogen and oxygen atoms in total. The number of aromatic nitrogens is 1. The topological polar surface area (TPSA) is 43.1 Å². The summed E-state index contributed by atoms with van der Waals surface area (Å²) in [6.07, 6.45) is 14.0. The van der Waals surface area contributed by atoms with Crippen LogP contribution in [0, 0.1) is 5.92 Å². The maximum Gasteiger partial charge on any atom is 0.263 e. The van der Waals surface area contributed by atoms with Crippen LogP contribution in [-0.2, 0) is 0 Å². The van der Waals surface area contributed by atoms with Crippen molar-refractivity contribution < 1.29 is 9.21 Å². The van der Waals surface area contributed by atoms with Crippen LogP contribution in [0.5, 0.6) is 0 Å². The lowest BCUT2D eigenvalue weighted by atomic mass is 9.85. The highest BCUT2D eigenvalue weighted by Crippen LogP contribution is 2.27. The minimum atomic E-state index is 0.0404. The quantitative estimate of drug-likeness (QED) is 0.553. The first-order valence-corrected chi connectivity index (χ1v) is 6.79. The molecule has 0 unspecified atom stereocenters. The molecular weight excluding hydrogens is 214 g/mol. The van der Waals surface area contributed by atoms with Crippen molar-refractivity contribution in [2.75, 3.05) is 0 Å². The first kappa shape index (κ1) is 12.3. The number of carbonyl (C=O) groups excluding carboxylic acids is 1. The van der Waals surface area contributed by atoms with Gasteiger partial charge in [-0.25, -0.2) is 4.98 Å². The average molecular weight is 235 g/mol. The Morgan fingerprint density at radius 2 is 2.12 bits per heavy atom. The van der Waals surface area contributed by atoms with Gasteiger partial charge in [-0.3, -0.25) is 4.79 Å². The third-order valence-corrected chi connectivity index (χ3v) is 3.66. The fourth-order valence-corrected chi connectivity index (χ4v) is 2.66. The van der Waals surface area contributed by atoms with E-state index in [1.807, 2.05) is 0 Å². The number of hydrogen-bond donors (Lipinski definition) is 0. The molecule has 1 heterocycles. The van der Waals surface area contributed by atoms with Gasteiger partial charge in [0, 0.05) is 6.42 Å². The Labute approximate surface area is 103 Å². The van der Waals surface area contributed by atoms with Gasteiger partial charge in [0.05, 0.1) is 6.20 Å². The fraction of sp³-hybridized carbons (Fsp3) is 0.714. The van der Waals surface area contributed by atoms with Gasteiger partial charge in [0.1, 0.15) is 6.26 Å². The number of rotatable bonds is 6. The van der Waals surface area contributed by atoms with E-state index in [0.717, 1.165) is 18.8 Å². The lowest BCUT2D eigenvalue weighted by molar-refractivity contribution is 0.0944. The molecule has 17 heavy (non-hydrogen) atoms. The molecule has 1 aliphatic carbocycles. The molecule has 1 aromatic rings. The second-order valence-electron chi connectivity index (χ2n) is 5.01. The minimum absolute atomic E-state index is 0.0404. The Hall–Kier alpha value is -1.12. The molecule has 3 heteroatoms. The highest BCUT2D eigenvalue weighted by Gasteiger charge is 2.14. The number of oxazole rings is 1. The maximum absolute atomic E-state index is 11.6. The van der Waals surface area contributed by atoms with Gasteiger partial charge in [-0.05, 0) is 12.3 Å². The second-order valence-corrected chi connectivity index (χ2v) is 5.01. The summed E-state index contributed by atoms with van der Waals surface area (Å²) >= 11 is 0. The Kier molecular flexibility index (Phi) is 4.77. The van der Waals surface area contributed by atoms with Crippen LogP contribution in [0.15, 0.2) is 16.9 Å². The van der Waals surface area contributed by atoms with Crippen molar-refractivity contribution in [1.82, 2.24) is 4.98 Å². The van der Waals surface area contributed by atoms with Crippen molar-refractivity contribution in [3.05, 3.63) is 18.4 Å². The lowest BCUT2D eigenvalue weighted by Crippen LogP contribution is -2.06. The van der Waals surface area contributed by atoms with Gasteiger partial charge in [-0.1, -0.05) is 44.9 Å². The van der Waals surface area contributed by atoms with E-state index < -0.39 is 0 Å². The van der Waals surface area contributed by atoms with Crippen molar-refractivity contribution in [1.29, 1.82) is 0 Å². The molecule has 0 aromatic carbocycles. The zero-order chi connectivity index (χ0) is 11.9. The molecule has 0 radical (unpaired) electrons. The summed E-state index contributed by atoms with van der Waals surface area (Å²) in [5, 5.41) is 0. The van der Waals surface area contributed by atoms with Crippen LogP contribution in [0.2, 0.25) is 0 Å². The zero-order valence-electron chi connectivity index (χ0n) is 10.4. The maximum atomic E-state index is 11.6. The van der Waals surface area contributed by atoms with Gasteiger partial charge < -0.3 is 4.42 Å². The second kappa shape index (κ2) is 6.58. The number of hydrogen-bond acceptors (Lipinski definition) is 3. The number of ketones is 1. The molecule has 1 fully saturated rings. The highest BCUT2D eigenvalue weighted by molar-refractivity contribution is 5.91. The molecule has 1 aliphatic rings. The number of Topliss-reactive ketones (excluding diaryl/α,β-unsaturated/α-hetero) is 1. The summed E-state index contributed by atoms with van der Waals surface area (Å²) in [7, 11) is 0. The Bertz CT molecular complexity index is 326. The van der Waals surface area contributed by atoms with Gasteiger partial charge in [-0.15, -0.1) is 0 Å². The van der Waals surface area contributed by atoms with Gasteiger partial charge in [0.15, 0.2) is 0 Å². The summed E-state index contributed by atoms with van der Waals surface area (Å²) in [4.78, 5) is 15.5. The SMILES string of the molecule is O=C(CCCCC1CCCCC1)c1ncco1. The standard InChI is InChI=1S/C14H21NO2/c16-13(14-15-10-11-17-14)9-5-4-8-12-6-2-1-3-7-12/h10-12H,1-9H2. The molecule has 0 spiro atoms. The number of unbranched alkanes of at least 4 members (excludes halogenated alkanes) is 1. The fourth-order valence-electron chi connectivity index (χ4n) is 2.66. The predicted molar refractivity (Wildman–Crippen MR) is 65.9 cm³/mol. The van der Waals surface area contributed by atoms with E-state index in [0.29, 0.717) is 6.42 Å². The molecular formula is C14H21NO2. The van der Waals surface area contributed by atoms with Gasteiger partial charge in [0.25, 0.3) is 5.89 Å². The van der Waals surface area contributed by atoms with E-state index in [2.05, 4.69) is 4.98 Å². The molecule has 2 rings (SSSR count). The molecule has 0 amide bonds. The van der Waals surface area contributed by atoms with Gasteiger partial charge in [0.2, 0.25) is 5.78 Å². The molecule has 0 saturated heterocycles. The van der Waals surface area contributed by atoms with Crippen molar-refractivity contribution in [3.8, 4) is 0 Å². The molecule has 1 saturated carbocycles. The van der Waals surface area contributed by atoms with Crippen LogP contribution in [0.1, 0.15) is 68.5 Å². The van der Waals surface area contributed by atoms with E-state index in [1.54, 1.807) is 0 Å². The Balaban J connectivity index is 1.58. The van der Waals surface area contributed by atoms with Crippen molar-refractivity contribution in [2.24, 2.45) is 5.92 Å². The van der Waals surface area contributed by atoms with Crippen molar-refractivity contribution >= 4 is 5.78 Å². The predicted octanol–water partition coefficient (Wildman–Crippen LogP) is 4.00. The van der Waals surface area contributed by atoms with E-state index in [9.17, 15) is 4.79 Å². The molecule has 0 bridgehead atoms. The monoisotopic (exact) mass is 235 g/mol. The van der Waals surface area contributed by atoms with Gasteiger partial charge in [-0.2, -0.15) is 0 Å². The van der Waals surface area contributed by atoms with Crippen LogP contribution in [0.25, 0.3) is 0 Å². The van der Waals surface area contributed by atoms with Crippen LogP contribution in [0.4, 0.5) is 0 Å². The summed E-state index contributed by atoms with van der Waals surface area (Å²) in [6, 6.07) is 0. The van der Waals surface area contributed by atoms with Crippen LogP contribution in [0.3, 0.4) is 0 Å². The molecule has 1 aromatic heterocycles. The molecule has 94 valence electrons. The summed E-state index contributed by atoms with van der Waals surface area (Å²) < 4.78 is 4.98. The van der Waals surface area contributed by atoms with Gasteiger partial charge >= 0.3 is 0 Å². The van der Waals surface area contributed by atoms with Crippen LogP contribution in [-0.4, -0.2) is 10.8 Å². The summed E-state index contributed by atoms with van der Waals surface area (Å²) in [6.45, 7) is 0. The van der Waals surface area contributed by atoms with Crippen molar-refractivity contribution in [3.63, 3.8) is 0 Å². The smallest absolute Gasteiger partial charge is 0.263 e. The third-order valence-electron chi connectivity index (χ3n) is 3.66. The van der Waals surface area contributed by atoms with Crippen LogP contribution >= 0.6 is 0 Å². The number of carbonyl (C=O) groups is 1. The van der Waals surface area contributed by atoms with Crippen LogP contribution < -0.4 is 0 Å². The highest BCUT2D eigenvalue weighted by atomic mass is 16.3. The summed E-state index contributed by atoms with van der Waals surface area (Å²) in [5.74, 6) is 1.22. The van der Waals surface area contributed by atoms with Crippen molar-refractivity contribution in [2.45, 2.75) is 57.8 Å². The van der Waals surface area contributed by atoms with E-state index in [1.165, 1.54) is 51.0 Å². The summed E-state index contributed by atoms with van der Waals surface area (Å²) in [5.41, 5.74) is 0. The molecule has 0 atom stereocenters.